The minimum atomic E-state index is -0.808. The second-order valence-electron chi connectivity index (χ2n) is 3.20. The summed E-state index contributed by atoms with van der Waals surface area (Å²) in [5.74, 6) is -1.03. The van der Waals surface area contributed by atoms with Crippen molar-refractivity contribution >= 4 is 11.8 Å². The molecule has 1 rings (SSSR count). The molecule has 0 aliphatic heterocycles. The fraction of sp³-hybridized carbons (Fsp3) is 0.714. The SMILES string of the molecule is NC(=O)CONC(=O)C1(N)CCC1. The van der Waals surface area contributed by atoms with Gasteiger partial charge in [-0.05, 0) is 19.3 Å². The molecule has 0 aromatic carbocycles. The second kappa shape index (κ2) is 3.71. The van der Waals surface area contributed by atoms with Crippen molar-refractivity contribution in [1.29, 1.82) is 0 Å². The summed E-state index contributed by atoms with van der Waals surface area (Å²) in [6.07, 6.45) is 2.25. The van der Waals surface area contributed by atoms with Crippen LogP contribution in [0.25, 0.3) is 0 Å². The number of nitrogens with one attached hydrogen (secondary N) is 1. The summed E-state index contributed by atoms with van der Waals surface area (Å²) in [6.45, 7) is -0.332. The quantitative estimate of drug-likeness (QED) is 0.461. The Morgan fingerprint density at radius 3 is 2.46 bits per heavy atom. The van der Waals surface area contributed by atoms with Gasteiger partial charge in [0.15, 0.2) is 6.61 Å². The predicted octanol–water partition coefficient (Wildman–Crippen LogP) is -1.60. The van der Waals surface area contributed by atoms with Crippen LogP contribution in [0.4, 0.5) is 0 Å². The zero-order valence-corrected chi connectivity index (χ0v) is 7.21. The summed E-state index contributed by atoms with van der Waals surface area (Å²) in [5, 5.41) is 0. The van der Waals surface area contributed by atoms with Crippen molar-refractivity contribution in [2.45, 2.75) is 24.8 Å². The van der Waals surface area contributed by atoms with Gasteiger partial charge in [0.2, 0.25) is 5.91 Å². The van der Waals surface area contributed by atoms with Gasteiger partial charge in [0.25, 0.3) is 5.91 Å². The molecule has 0 aromatic heterocycles. The Kier molecular flexibility index (Phi) is 2.84. The fourth-order valence-electron chi connectivity index (χ4n) is 1.06. The van der Waals surface area contributed by atoms with E-state index in [1.54, 1.807) is 0 Å². The first-order valence-corrected chi connectivity index (χ1v) is 4.04. The lowest BCUT2D eigenvalue weighted by Crippen LogP contribution is -2.58. The number of primary amides is 1. The zero-order valence-electron chi connectivity index (χ0n) is 7.21. The summed E-state index contributed by atoms with van der Waals surface area (Å²) in [7, 11) is 0. The summed E-state index contributed by atoms with van der Waals surface area (Å²) in [5.41, 5.74) is 11.7. The van der Waals surface area contributed by atoms with E-state index in [1.807, 2.05) is 0 Å². The van der Waals surface area contributed by atoms with E-state index < -0.39 is 11.4 Å². The van der Waals surface area contributed by atoms with Gasteiger partial charge >= 0.3 is 0 Å². The maximum atomic E-state index is 11.2. The van der Waals surface area contributed by atoms with Gasteiger partial charge in [0, 0.05) is 0 Å². The van der Waals surface area contributed by atoms with Gasteiger partial charge in [-0.2, -0.15) is 0 Å². The largest absolute Gasteiger partial charge is 0.368 e. The highest BCUT2D eigenvalue weighted by atomic mass is 16.7. The van der Waals surface area contributed by atoms with Crippen LogP contribution >= 0.6 is 0 Å². The van der Waals surface area contributed by atoms with E-state index in [9.17, 15) is 9.59 Å². The van der Waals surface area contributed by atoms with E-state index in [0.717, 1.165) is 6.42 Å². The van der Waals surface area contributed by atoms with Gasteiger partial charge in [-0.15, -0.1) is 0 Å². The van der Waals surface area contributed by atoms with Crippen molar-refractivity contribution in [2.24, 2.45) is 11.5 Å². The molecule has 13 heavy (non-hydrogen) atoms. The number of carbonyl (C=O) groups is 2. The van der Waals surface area contributed by atoms with Crippen LogP contribution in [0.15, 0.2) is 0 Å². The number of hydrogen-bond acceptors (Lipinski definition) is 4. The molecule has 0 radical (unpaired) electrons. The molecule has 1 fully saturated rings. The molecule has 0 saturated heterocycles. The number of nitrogens with two attached hydrogens (primary N) is 2. The standard InChI is InChI=1S/C7H13N3O3/c8-5(11)4-13-10-6(12)7(9)2-1-3-7/h1-4,9H2,(H2,8,11)(H,10,12). The first-order chi connectivity index (χ1) is 6.04. The van der Waals surface area contributed by atoms with Crippen molar-refractivity contribution < 1.29 is 14.4 Å². The van der Waals surface area contributed by atoms with Crippen molar-refractivity contribution in [3.63, 3.8) is 0 Å². The molecule has 5 N–H and O–H groups in total. The van der Waals surface area contributed by atoms with Crippen molar-refractivity contribution in [3.8, 4) is 0 Å². The number of carbonyl (C=O) groups excluding carboxylic acids is 2. The molecule has 0 unspecified atom stereocenters. The average molecular weight is 187 g/mol. The molecular weight excluding hydrogens is 174 g/mol. The number of hydroxylamine groups is 1. The molecule has 0 spiro atoms. The molecule has 1 aliphatic rings. The van der Waals surface area contributed by atoms with Gasteiger partial charge in [-0.3, -0.25) is 14.4 Å². The lowest BCUT2D eigenvalue weighted by Gasteiger charge is -2.35. The molecule has 0 heterocycles. The number of hydrogen-bond donors (Lipinski definition) is 3. The molecule has 74 valence electrons. The Morgan fingerprint density at radius 1 is 1.46 bits per heavy atom. The van der Waals surface area contributed by atoms with Crippen LogP contribution in [0, 0.1) is 0 Å². The Morgan fingerprint density at radius 2 is 2.08 bits per heavy atom. The first kappa shape index (κ1) is 9.94. The molecule has 0 bridgehead atoms. The van der Waals surface area contributed by atoms with Crippen LogP contribution in [0.1, 0.15) is 19.3 Å². The number of rotatable bonds is 4. The summed E-state index contributed by atoms with van der Waals surface area (Å²) < 4.78 is 0. The highest BCUT2D eigenvalue weighted by Crippen LogP contribution is 2.28. The Balaban J connectivity index is 2.21. The van der Waals surface area contributed by atoms with Crippen molar-refractivity contribution in [2.75, 3.05) is 6.61 Å². The van der Waals surface area contributed by atoms with E-state index >= 15 is 0 Å². The van der Waals surface area contributed by atoms with Crippen LogP contribution in [0.2, 0.25) is 0 Å². The molecule has 1 saturated carbocycles. The monoisotopic (exact) mass is 187 g/mol. The van der Waals surface area contributed by atoms with Crippen LogP contribution in [-0.4, -0.2) is 24.0 Å². The highest BCUT2D eigenvalue weighted by molar-refractivity contribution is 5.86. The minimum absolute atomic E-state index is 0.332. The van der Waals surface area contributed by atoms with Gasteiger partial charge < -0.3 is 11.5 Å². The molecular formula is C7H13N3O3. The molecule has 2 amide bonds. The maximum absolute atomic E-state index is 11.2. The van der Waals surface area contributed by atoms with Crippen LogP contribution < -0.4 is 16.9 Å². The van der Waals surface area contributed by atoms with E-state index in [-0.39, 0.29) is 12.5 Å². The number of amides is 2. The normalized spacial score (nSPS) is 18.8. The Labute approximate surface area is 75.5 Å². The fourth-order valence-corrected chi connectivity index (χ4v) is 1.06. The third kappa shape index (κ3) is 2.40. The predicted molar refractivity (Wildman–Crippen MR) is 44.1 cm³/mol. The highest BCUT2D eigenvalue weighted by Gasteiger charge is 2.40. The van der Waals surface area contributed by atoms with Gasteiger partial charge in [-0.1, -0.05) is 0 Å². The smallest absolute Gasteiger partial charge is 0.263 e. The van der Waals surface area contributed by atoms with Crippen LogP contribution in [-0.2, 0) is 14.4 Å². The van der Waals surface area contributed by atoms with E-state index in [4.69, 9.17) is 11.5 Å². The molecule has 6 nitrogen and oxygen atoms in total. The first-order valence-electron chi connectivity index (χ1n) is 4.04. The van der Waals surface area contributed by atoms with E-state index in [2.05, 4.69) is 10.3 Å². The van der Waals surface area contributed by atoms with Crippen molar-refractivity contribution in [1.82, 2.24) is 5.48 Å². The van der Waals surface area contributed by atoms with Crippen LogP contribution in [0.3, 0.4) is 0 Å². The second-order valence-corrected chi connectivity index (χ2v) is 3.20. The molecule has 0 atom stereocenters. The summed E-state index contributed by atoms with van der Waals surface area (Å²) in [6, 6.07) is 0. The molecule has 6 heteroatoms. The van der Waals surface area contributed by atoms with Gasteiger partial charge in [-0.25, -0.2) is 5.48 Å². The lowest BCUT2D eigenvalue weighted by molar-refractivity contribution is -0.145. The molecule has 0 aromatic rings. The summed E-state index contributed by atoms with van der Waals surface area (Å²) >= 11 is 0. The third-order valence-corrected chi connectivity index (χ3v) is 2.08. The molecule has 1 aliphatic carbocycles. The average Bonchev–Trinajstić information content (AvgIpc) is 1.99. The van der Waals surface area contributed by atoms with Crippen LogP contribution in [0.5, 0.6) is 0 Å². The Bertz CT molecular complexity index is 225. The lowest BCUT2D eigenvalue weighted by atomic mass is 9.77. The third-order valence-electron chi connectivity index (χ3n) is 2.08. The van der Waals surface area contributed by atoms with E-state index in [1.165, 1.54) is 0 Å². The Hall–Kier alpha value is -1.14. The topological polar surface area (TPSA) is 107 Å². The van der Waals surface area contributed by atoms with Crippen molar-refractivity contribution in [3.05, 3.63) is 0 Å². The zero-order chi connectivity index (χ0) is 9.90. The summed E-state index contributed by atoms with van der Waals surface area (Å²) in [4.78, 5) is 26.0. The van der Waals surface area contributed by atoms with Gasteiger partial charge in [0.1, 0.15) is 0 Å². The minimum Gasteiger partial charge on any atom is -0.368 e. The van der Waals surface area contributed by atoms with E-state index in [0.29, 0.717) is 12.8 Å². The van der Waals surface area contributed by atoms with Gasteiger partial charge in [0.05, 0.1) is 5.54 Å². The maximum Gasteiger partial charge on any atom is 0.263 e.